The molecule has 0 rings (SSSR count). The molecule has 0 fully saturated rings. The second kappa shape index (κ2) is 22.6. The van der Waals surface area contributed by atoms with Gasteiger partial charge in [0.2, 0.25) is 0 Å². The van der Waals surface area contributed by atoms with E-state index in [0.29, 0.717) is 0 Å². The Bertz CT molecular complexity index is 513. The molecule has 186 valence electrons. The third-order valence-electron chi connectivity index (χ3n) is 6.02. The Kier molecular flexibility index (Phi) is 21.5. The SMILES string of the molecule is C=C(C)C(=O)ONC(=O)C(CC)CCCCCCCCCC/C=C\CCCCCCCC. The van der Waals surface area contributed by atoms with Crippen molar-refractivity contribution in [1.82, 2.24) is 5.48 Å². The van der Waals surface area contributed by atoms with Gasteiger partial charge >= 0.3 is 5.97 Å². The summed E-state index contributed by atoms with van der Waals surface area (Å²) >= 11 is 0. The minimum Gasteiger partial charge on any atom is -0.336 e. The van der Waals surface area contributed by atoms with Gasteiger partial charge in [-0.3, -0.25) is 4.79 Å². The molecule has 0 aliphatic carbocycles. The number of nitrogens with one attached hydrogen (secondary N) is 1. The van der Waals surface area contributed by atoms with Crippen LogP contribution in [0.3, 0.4) is 0 Å². The Morgan fingerprint density at radius 2 is 1.25 bits per heavy atom. The summed E-state index contributed by atoms with van der Waals surface area (Å²) in [5.41, 5.74) is 2.55. The van der Waals surface area contributed by atoms with Crippen LogP contribution in [0.25, 0.3) is 0 Å². The highest BCUT2D eigenvalue weighted by atomic mass is 16.7. The lowest BCUT2D eigenvalue weighted by molar-refractivity contribution is -0.156. The highest BCUT2D eigenvalue weighted by molar-refractivity contribution is 5.88. The van der Waals surface area contributed by atoms with Crippen molar-refractivity contribution in [3.8, 4) is 0 Å². The zero-order valence-corrected chi connectivity index (χ0v) is 21.4. The van der Waals surface area contributed by atoms with Crippen LogP contribution in [0.5, 0.6) is 0 Å². The molecule has 0 spiro atoms. The van der Waals surface area contributed by atoms with Crippen molar-refractivity contribution in [1.29, 1.82) is 0 Å². The standard InChI is InChI=1S/C28H51NO3/c1-5-7-8-9-10-11-12-13-14-15-16-17-18-19-20-21-22-23-24-26(6-2)27(30)29-32-28(31)25(3)4/h13-14,26H,3,5-12,15-24H2,1-2,4H3,(H,29,30)/b14-13-. The number of unbranched alkanes of at least 4 members (excludes halogenated alkanes) is 14. The van der Waals surface area contributed by atoms with Crippen LogP contribution in [0.15, 0.2) is 24.3 Å². The van der Waals surface area contributed by atoms with E-state index < -0.39 is 5.97 Å². The molecule has 1 unspecified atom stereocenters. The number of amides is 1. The van der Waals surface area contributed by atoms with Gasteiger partial charge in [0, 0.05) is 11.5 Å². The zero-order valence-electron chi connectivity index (χ0n) is 21.4. The number of rotatable bonds is 21. The molecular weight excluding hydrogens is 398 g/mol. The normalized spacial score (nSPS) is 12.1. The molecule has 0 radical (unpaired) electrons. The molecule has 0 aromatic rings. The van der Waals surface area contributed by atoms with Gasteiger partial charge in [0.25, 0.3) is 5.91 Å². The maximum absolute atomic E-state index is 12.1. The fourth-order valence-corrected chi connectivity index (χ4v) is 3.78. The molecular formula is C28H51NO3. The van der Waals surface area contributed by atoms with Crippen LogP contribution in [-0.4, -0.2) is 11.9 Å². The molecule has 0 saturated heterocycles. The molecule has 0 aromatic carbocycles. The molecule has 0 saturated carbocycles. The van der Waals surface area contributed by atoms with Crippen molar-refractivity contribution in [3.05, 3.63) is 24.3 Å². The first kappa shape index (κ1) is 30.4. The number of carbonyl (C=O) groups excluding carboxylic acids is 2. The lowest BCUT2D eigenvalue weighted by Crippen LogP contribution is -2.32. The average molecular weight is 450 g/mol. The monoisotopic (exact) mass is 449 g/mol. The Balaban J connectivity index is 3.48. The Hall–Kier alpha value is -1.58. The second-order valence-electron chi connectivity index (χ2n) is 9.17. The molecule has 1 N–H and O–H groups in total. The van der Waals surface area contributed by atoms with Gasteiger partial charge in [-0.05, 0) is 45.4 Å². The van der Waals surface area contributed by atoms with Crippen molar-refractivity contribution in [2.45, 2.75) is 136 Å². The predicted molar refractivity (Wildman–Crippen MR) is 136 cm³/mol. The molecule has 4 heteroatoms. The number of hydroxylamine groups is 1. The van der Waals surface area contributed by atoms with Crippen molar-refractivity contribution >= 4 is 11.9 Å². The lowest BCUT2D eigenvalue weighted by Gasteiger charge is -2.14. The van der Waals surface area contributed by atoms with Crippen LogP contribution in [0.4, 0.5) is 0 Å². The first-order valence-electron chi connectivity index (χ1n) is 13.3. The lowest BCUT2D eigenvalue weighted by atomic mass is 9.97. The number of hydrogen-bond donors (Lipinski definition) is 1. The van der Waals surface area contributed by atoms with Gasteiger partial charge in [0.1, 0.15) is 0 Å². The third-order valence-corrected chi connectivity index (χ3v) is 6.02. The molecule has 0 aliphatic rings. The van der Waals surface area contributed by atoms with Gasteiger partial charge in [-0.2, -0.15) is 5.48 Å². The molecule has 0 heterocycles. The van der Waals surface area contributed by atoms with E-state index in [1.54, 1.807) is 6.92 Å². The van der Waals surface area contributed by atoms with Crippen LogP contribution >= 0.6 is 0 Å². The maximum Gasteiger partial charge on any atom is 0.358 e. The predicted octanol–water partition coefficient (Wildman–Crippen LogP) is 8.37. The highest BCUT2D eigenvalue weighted by Crippen LogP contribution is 2.16. The Labute approximate surface area is 198 Å². The van der Waals surface area contributed by atoms with E-state index in [-0.39, 0.29) is 17.4 Å². The van der Waals surface area contributed by atoms with Crippen LogP contribution in [0.2, 0.25) is 0 Å². The van der Waals surface area contributed by atoms with E-state index in [0.717, 1.165) is 25.7 Å². The molecule has 4 nitrogen and oxygen atoms in total. The quantitative estimate of drug-likeness (QED) is 0.0828. The zero-order chi connectivity index (χ0) is 23.9. The smallest absolute Gasteiger partial charge is 0.336 e. The summed E-state index contributed by atoms with van der Waals surface area (Å²) in [6.45, 7) is 9.32. The Morgan fingerprint density at radius 1 is 0.781 bits per heavy atom. The molecule has 32 heavy (non-hydrogen) atoms. The molecule has 0 aliphatic heterocycles. The number of hydrogen-bond acceptors (Lipinski definition) is 3. The third kappa shape index (κ3) is 19.1. The topological polar surface area (TPSA) is 55.4 Å². The summed E-state index contributed by atoms with van der Waals surface area (Å²) in [6, 6.07) is 0. The van der Waals surface area contributed by atoms with Crippen LogP contribution in [-0.2, 0) is 14.4 Å². The van der Waals surface area contributed by atoms with E-state index in [9.17, 15) is 9.59 Å². The van der Waals surface area contributed by atoms with Crippen LogP contribution in [0.1, 0.15) is 136 Å². The summed E-state index contributed by atoms with van der Waals surface area (Å²) in [5, 5.41) is 0. The van der Waals surface area contributed by atoms with Gasteiger partial charge in [-0.25, -0.2) is 4.79 Å². The molecule has 0 bridgehead atoms. The van der Waals surface area contributed by atoms with Crippen LogP contribution in [0, 0.1) is 5.92 Å². The average Bonchev–Trinajstić information content (AvgIpc) is 2.78. The molecule has 1 amide bonds. The van der Waals surface area contributed by atoms with E-state index >= 15 is 0 Å². The fourth-order valence-electron chi connectivity index (χ4n) is 3.78. The van der Waals surface area contributed by atoms with Crippen LogP contribution < -0.4 is 5.48 Å². The van der Waals surface area contributed by atoms with Crippen molar-refractivity contribution < 1.29 is 14.4 Å². The second-order valence-corrected chi connectivity index (χ2v) is 9.17. The van der Waals surface area contributed by atoms with Gasteiger partial charge in [-0.1, -0.05) is 110 Å². The number of carbonyl (C=O) groups is 2. The summed E-state index contributed by atoms with van der Waals surface area (Å²) < 4.78 is 0. The molecule has 1 atom stereocenters. The minimum absolute atomic E-state index is 0.0953. The highest BCUT2D eigenvalue weighted by Gasteiger charge is 2.17. The van der Waals surface area contributed by atoms with E-state index in [1.807, 2.05) is 6.92 Å². The first-order valence-corrected chi connectivity index (χ1v) is 13.3. The molecule has 0 aromatic heterocycles. The summed E-state index contributed by atoms with van der Waals surface area (Å²) in [4.78, 5) is 28.2. The summed E-state index contributed by atoms with van der Waals surface area (Å²) in [5.74, 6) is -0.887. The summed E-state index contributed by atoms with van der Waals surface area (Å²) in [6.07, 6.45) is 27.2. The van der Waals surface area contributed by atoms with Gasteiger partial charge in [0.15, 0.2) is 0 Å². The van der Waals surface area contributed by atoms with Crippen molar-refractivity contribution in [3.63, 3.8) is 0 Å². The van der Waals surface area contributed by atoms with E-state index in [2.05, 4.69) is 31.1 Å². The summed E-state index contributed by atoms with van der Waals surface area (Å²) in [7, 11) is 0. The van der Waals surface area contributed by atoms with Gasteiger partial charge in [-0.15, -0.1) is 0 Å². The Morgan fingerprint density at radius 3 is 1.72 bits per heavy atom. The van der Waals surface area contributed by atoms with Crippen molar-refractivity contribution in [2.75, 3.05) is 0 Å². The van der Waals surface area contributed by atoms with Gasteiger partial charge in [0.05, 0.1) is 0 Å². The van der Waals surface area contributed by atoms with E-state index in [1.165, 1.54) is 89.9 Å². The maximum atomic E-state index is 12.1. The van der Waals surface area contributed by atoms with Gasteiger partial charge < -0.3 is 4.84 Å². The van der Waals surface area contributed by atoms with Crippen molar-refractivity contribution in [2.24, 2.45) is 5.92 Å². The minimum atomic E-state index is -0.586. The fraction of sp³-hybridized carbons (Fsp3) is 0.786. The largest absolute Gasteiger partial charge is 0.358 e. The van der Waals surface area contributed by atoms with E-state index in [4.69, 9.17) is 4.84 Å². The first-order chi connectivity index (χ1) is 15.5. The number of allylic oxidation sites excluding steroid dienone is 2.